The lowest BCUT2D eigenvalue weighted by Gasteiger charge is -2.53. The highest BCUT2D eigenvalue weighted by atomic mass is 79.9. The number of anilines is 1. The Morgan fingerprint density at radius 2 is 1.44 bits per heavy atom. The average Bonchev–Trinajstić information content (AvgIpc) is 3.17. The van der Waals surface area contributed by atoms with E-state index in [1.54, 1.807) is 0 Å². The minimum absolute atomic E-state index is 0.146. The molecule has 0 radical (unpaired) electrons. The molecular weight excluding hydrogens is 542 g/mol. The molecule has 3 atom stereocenters. The van der Waals surface area contributed by atoms with Crippen molar-refractivity contribution in [1.82, 2.24) is 0 Å². The van der Waals surface area contributed by atoms with Crippen molar-refractivity contribution in [2.24, 2.45) is 5.92 Å². The second-order valence-electron chi connectivity index (χ2n) is 10.8. The van der Waals surface area contributed by atoms with Crippen molar-refractivity contribution in [1.29, 1.82) is 0 Å². The summed E-state index contributed by atoms with van der Waals surface area (Å²) in [5, 5.41) is 0. The quantitative estimate of drug-likeness (QED) is 0.222. The first-order chi connectivity index (χ1) is 18.9. The van der Waals surface area contributed by atoms with Crippen molar-refractivity contribution in [3.8, 4) is 0 Å². The maximum absolute atomic E-state index is 14.8. The maximum Gasteiger partial charge on any atom is 0.173 e. The summed E-state index contributed by atoms with van der Waals surface area (Å²) in [7, 11) is 2.18. The number of benzene rings is 4. The molecule has 1 aliphatic heterocycles. The van der Waals surface area contributed by atoms with Gasteiger partial charge in [-0.1, -0.05) is 121 Å². The van der Waals surface area contributed by atoms with E-state index in [2.05, 4.69) is 133 Å². The van der Waals surface area contributed by atoms with Crippen LogP contribution in [0.2, 0.25) is 0 Å². The molecular formula is C36H32BrNO. The molecule has 2 aliphatic rings. The number of Topliss-reactive ketones (excluding diaryl/α,β-unsaturated/α-hetero) is 1. The molecule has 0 saturated heterocycles. The molecule has 0 saturated carbocycles. The first-order valence-electron chi connectivity index (χ1n) is 13.6. The topological polar surface area (TPSA) is 20.3 Å². The molecule has 1 spiro atoms. The monoisotopic (exact) mass is 573 g/mol. The van der Waals surface area contributed by atoms with Crippen molar-refractivity contribution < 1.29 is 4.79 Å². The highest BCUT2D eigenvalue weighted by Gasteiger charge is 2.63. The van der Waals surface area contributed by atoms with Crippen LogP contribution in [-0.2, 0) is 5.41 Å². The Hall–Kier alpha value is -3.69. The third-order valence-electron chi connectivity index (χ3n) is 9.05. The van der Waals surface area contributed by atoms with Gasteiger partial charge >= 0.3 is 0 Å². The third-order valence-corrected chi connectivity index (χ3v) is 9.58. The van der Waals surface area contributed by atoms with Crippen LogP contribution in [0.3, 0.4) is 0 Å². The first-order valence-corrected chi connectivity index (χ1v) is 14.4. The van der Waals surface area contributed by atoms with E-state index >= 15 is 0 Å². The summed E-state index contributed by atoms with van der Waals surface area (Å²) in [4.78, 5) is 17.2. The summed E-state index contributed by atoms with van der Waals surface area (Å²) in [5.41, 5.74) is 6.70. The minimum Gasteiger partial charge on any atom is -0.363 e. The number of likely N-dealkylation sites (N-methyl/N-ethyl adjacent to an activating group) is 1. The number of hydrogen-bond acceptors (Lipinski definition) is 2. The summed E-state index contributed by atoms with van der Waals surface area (Å²) in [6, 6.07) is 37.5. The summed E-state index contributed by atoms with van der Waals surface area (Å²) in [6.45, 7) is 4.61. The number of para-hydroxylation sites is 1. The largest absolute Gasteiger partial charge is 0.363 e. The van der Waals surface area contributed by atoms with Gasteiger partial charge in [-0.2, -0.15) is 0 Å². The van der Waals surface area contributed by atoms with Crippen molar-refractivity contribution in [2.75, 3.05) is 11.9 Å². The fourth-order valence-electron chi connectivity index (χ4n) is 6.91. The lowest BCUT2D eigenvalue weighted by Crippen LogP contribution is -2.62. The predicted molar refractivity (Wildman–Crippen MR) is 166 cm³/mol. The number of carbonyl (C=O) groups excluding carboxylic acids is 1. The molecule has 4 aromatic carbocycles. The van der Waals surface area contributed by atoms with Crippen LogP contribution in [-0.4, -0.2) is 18.4 Å². The molecule has 0 N–H and O–H groups in total. The average molecular weight is 575 g/mol. The van der Waals surface area contributed by atoms with Gasteiger partial charge in [0.15, 0.2) is 5.78 Å². The van der Waals surface area contributed by atoms with E-state index in [0.717, 1.165) is 38.7 Å². The second-order valence-corrected chi connectivity index (χ2v) is 11.7. The number of ketones is 1. The van der Waals surface area contributed by atoms with E-state index in [4.69, 9.17) is 0 Å². The van der Waals surface area contributed by atoms with Gasteiger partial charge in [0, 0.05) is 28.2 Å². The van der Waals surface area contributed by atoms with Gasteiger partial charge in [-0.3, -0.25) is 4.79 Å². The zero-order valence-corrected chi connectivity index (χ0v) is 24.2. The molecule has 0 amide bonds. The van der Waals surface area contributed by atoms with E-state index in [0.29, 0.717) is 0 Å². The first kappa shape index (κ1) is 25.6. The van der Waals surface area contributed by atoms with Gasteiger partial charge in [-0.05, 0) is 64.6 Å². The normalized spacial score (nSPS) is 23.8. The zero-order chi connectivity index (χ0) is 27.2. The van der Waals surface area contributed by atoms with Crippen LogP contribution in [0.15, 0.2) is 126 Å². The SMILES string of the molecule is CC[C@@]1(C)c2ccccc2N(C)[C@]12C=C(c1ccccc1)C=C(c1ccc(Br)cc1)[C@H]2C(=O)c1ccccc1. The fourth-order valence-corrected chi connectivity index (χ4v) is 7.17. The van der Waals surface area contributed by atoms with E-state index < -0.39 is 11.5 Å². The number of nitrogens with zero attached hydrogens (tertiary/aromatic N) is 1. The van der Waals surface area contributed by atoms with Gasteiger partial charge in [0.05, 0.1) is 11.5 Å². The van der Waals surface area contributed by atoms with Crippen LogP contribution < -0.4 is 4.90 Å². The maximum atomic E-state index is 14.8. The van der Waals surface area contributed by atoms with Crippen molar-refractivity contribution >= 4 is 38.5 Å². The molecule has 1 heterocycles. The van der Waals surface area contributed by atoms with Gasteiger partial charge in [-0.15, -0.1) is 0 Å². The molecule has 3 heteroatoms. The number of hydrogen-bond donors (Lipinski definition) is 0. The Morgan fingerprint density at radius 3 is 2.10 bits per heavy atom. The Bertz CT molecular complexity index is 1590. The van der Waals surface area contributed by atoms with Gasteiger partial charge in [-0.25, -0.2) is 0 Å². The summed E-state index contributed by atoms with van der Waals surface area (Å²) in [6.07, 6.45) is 5.54. The highest BCUT2D eigenvalue weighted by molar-refractivity contribution is 9.10. The smallest absolute Gasteiger partial charge is 0.173 e. The van der Waals surface area contributed by atoms with E-state index in [-0.39, 0.29) is 11.2 Å². The molecule has 0 fully saturated rings. The van der Waals surface area contributed by atoms with Gasteiger partial charge in [0.2, 0.25) is 0 Å². The summed E-state index contributed by atoms with van der Waals surface area (Å²) < 4.78 is 1.02. The van der Waals surface area contributed by atoms with Gasteiger partial charge in [0.25, 0.3) is 0 Å². The lowest BCUT2D eigenvalue weighted by molar-refractivity contribution is 0.0877. The fraction of sp³-hybridized carbons (Fsp3) is 0.194. The minimum atomic E-state index is -0.624. The standard InChI is InChI=1S/C36H32BrNO/c1-4-35(2)31-17-11-12-18-32(31)38(3)36(35)24-28(25-13-7-5-8-14-25)23-30(26-19-21-29(37)22-20-26)33(36)34(39)27-15-9-6-10-16-27/h5-24,33H,4H2,1-3H3/t33-,35-,36-/m0/s1. The lowest BCUT2D eigenvalue weighted by atomic mass is 9.55. The Morgan fingerprint density at radius 1 is 0.821 bits per heavy atom. The molecule has 4 aromatic rings. The Balaban J connectivity index is 1.70. The highest BCUT2D eigenvalue weighted by Crippen LogP contribution is 2.61. The van der Waals surface area contributed by atoms with E-state index in [1.807, 2.05) is 30.3 Å². The summed E-state index contributed by atoms with van der Waals surface area (Å²) >= 11 is 3.61. The predicted octanol–water partition coefficient (Wildman–Crippen LogP) is 8.99. The van der Waals surface area contributed by atoms with Crippen molar-refractivity contribution in [2.45, 2.75) is 31.2 Å². The summed E-state index contributed by atoms with van der Waals surface area (Å²) in [5.74, 6) is -0.275. The molecule has 0 aromatic heterocycles. The van der Waals surface area contributed by atoms with Gasteiger partial charge in [0.1, 0.15) is 0 Å². The second kappa shape index (κ2) is 9.81. The van der Waals surface area contributed by atoms with Crippen LogP contribution >= 0.6 is 15.9 Å². The number of halogens is 1. The Labute approximate surface area is 239 Å². The molecule has 6 rings (SSSR count). The molecule has 194 valence electrons. The van der Waals surface area contributed by atoms with Crippen molar-refractivity contribution in [3.63, 3.8) is 0 Å². The van der Waals surface area contributed by atoms with Crippen LogP contribution in [0.25, 0.3) is 11.1 Å². The zero-order valence-electron chi connectivity index (χ0n) is 22.6. The molecule has 0 unspecified atom stereocenters. The number of allylic oxidation sites excluding steroid dienone is 2. The third kappa shape index (κ3) is 3.86. The number of fused-ring (bicyclic) bond motifs is 1. The van der Waals surface area contributed by atoms with E-state index in [1.165, 1.54) is 11.3 Å². The Kier molecular flexibility index (Phi) is 6.43. The molecule has 39 heavy (non-hydrogen) atoms. The van der Waals surface area contributed by atoms with Gasteiger partial charge < -0.3 is 4.90 Å². The van der Waals surface area contributed by atoms with Crippen LogP contribution in [0.1, 0.15) is 47.3 Å². The molecule has 2 nitrogen and oxygen atoms in total. The van der Waals surface area contributed by atoms with E-state index in [9.17, 15) is 4.79 Å². The molecule has 0 bridgehead atoms. The van der Waals surface area contributed by atoms with Crippen LogP contribution in [0, 0.1) is 5.92 Å². The molecule has 1 aliphatic carbocycles. The van der Waals surface area contributed by atoms with Crippen molar-refractivity contribution in [3.05, 3.63) is 148 Å². The number of rotatable bonds is 5. The number of carbonyl (C=O) groups is 1. The van der Waals surface area contributed by atoms with Crippen LogP contribution in [0.5, 0.6) is 0 Å². The van der Waals surface area contributed by atoms with Crippen LogP contribution in [0.4, 0.5) is 5.69 Å².